The van der Waals surface area contributed by atoms with Gasteiger partial charge in [0.1, 0.15) is 12.7 Å². The predicted molar refractivity (Wildman–Crippen MR) is 80.8 cm³/mol. The predicted octanol–water partition coefficient (Wildman–Crippen LogP) is -0.255. The van der Waals surface area contributed by atoms with Crippen molar-refractivity contribution in [2.75, 3.05) is 6.61 Å². The van der Waals surface area contributed by atoms with Gasteiger partial charge in [0.15, 0.2) is 24.4 Å². The topological polar surface area (TPSA) is 114 Å². The lowest BCUT2D eigenvalue weighted by atomic mass is 9.94. The van der Waals surface area contributed by atoms with Crippen molar-refractivity contribution in [1.29, 1.82) is 0 Å². The molecule has 1 heterocycles. The average molecular weight is 356 g/mol. The first-order valence-electron chi connectivity index (χ1n) is 7.42. The molecular weight excluding hydrogens is 336 g/mol. The van der Waals surface area contributed by atoms with E-state index in [9.17, 15) is 19.2 Å². The maximum atomic E-state index is 11.5. The molecule has 5 unspecified atom stereocenters. The van der Waals surface area contributed by atoms with E-state index in [-0.39, 0.29) is 6.61 Å². The van der Waals surface area contributed by atoms with E-state index >= 15 is 0 Å². The van der Waals surface area contributed by atoms with Gasteiger partial charge in [0.25, 0.3) is 0 Å². The van der Waals surface area contributed by atoms with Crippen molar-refractivity contribution in [3.63, 3.8) is 0 Å². The Kier molecular flexibility index (Phi) is 7.39. The van der Waals surface area contributed by atoms with Crippen molar-refractivity contribution in [3.05, 3.63) is 0 Å². The van der Waals surface area contributed by atoms with E-state index in [4.69, 9.17) is 30.1 Å². The van der Waals surface area contributed by atoms with Gasteiger partial charge in [0, 0.05) is 27.7 Å². The molecule has 0 aromatic heterocycles. The van der Waals surface area contributed by atoms with Crippen molar-refractivity contribution in [3.8, 4) is 12.3 Å². The van der Waals surface area contributed by atoms with Crippen molar-refractivity contribution in [1.82, 2.24) is 0 Å². The fourth-order valence-electron chi connectivity index (χ4n) is 2.36. The van der Waals surface area contributed by atoms with E-state index in [0.717, 1.165) is 20.8 Å². The molecule has 0 aliphatic carbocycles. The van der Waals surface area contributed by atoms with E-state index in [0.29, 0.717) is 0 Å². The number of carbonyl (C=O) groups is 4. The van der Waals surface area contributed by atoms with E-state index in [1.54, 1.807) is 0 Å². The molecule has 0 saturated carbocycles. The molecule has 1 aliphatic heterocycles. The third-order valence-electron chi connectivity index (χ3n) is 3.16. The van der Waals surface area contributed by atoms with Gasteiger partial charge in [-0.2, -0.15) is 0 Å². The van der Waals surface area contributed by atoms with Crippen LogP contribution in [0, 0.1) is 12.3 Å². The largest absolute Gasteiger partial charge is 0.463 e. The number of terminal acetylenes is 1. The maximum Gasteiger partial charge on any atom is 0.303 e. The number of rotatable bonds is 5. The number of esters is 4. The third kappa shape index (κ3) is 6.08. The molecule has 1 rings (SSSR count). The Bertz CT molecular complexity index is 577. The van der Waals surface area contributed by atoms with Crippen LogP contribution in [-0.2, 0) is 42.9 Å². The summed E-state index contributed by atoms with van der Waals surface area (Å²) in [5.74, 6) is -0.396. The second-order valence-corrected chi connectivity index (χ2v) is 5.29. The zero-order chi connectivity index (χ0) is 19.1. The summed E-state index contributed by atoms with van der Waals surface area (Å²) in [6, 6.07) is 0. The molecule has 138 valence electrons. The van der Waals surface area contributed by atoms with E-state index in [2.05, 4.69) is 5.92 Å². The van der Waals surface area contributed by atoms with Gasteiger partial charge in [0.2, 0.25) is 0 Å². The summed E-state index contributed by atoms with van der Waals surface area (Å²) in [7, 11) is 0. The standard InChI is InChI=1S/C16H20O9/c1-6-12-14(22-9(3)18)16(24-11(5)20)15(23-10(4)19)13(25-12)7-21-8(2)17/h1,12-16H,7H2,2-5H3. The van der Waals surface area contributed by atoms with Gasteiger partial charge in [-0.25, -0.2) is 0 Å². The second-order valence-electron chi connectivity index (χ2n) is 5.29. The molecule has 0 aromatic carbocycles. The van der Waals surface area contributed by atoms with Crippen LogP contribution >= 0.6 is 0 Å². The summed E-state index contributed by atoms with van der Waals surface area (Å²) in [5, 5.41) is 0. The normalized spacial score (nSPS) is 28.2. The highest BCUT2D eigenvalue weighted by Crippen LogP contribution is 2.28. The Balaban J connectivity index is 3.21. The molecule has 9 heteroatoms. The van der Waals surface area contributed by atoms with Crippen molar-refractivity contribution in [2.45, 2.75) is 58.2 Å². The summed E-state index contributed by atoms with van der Waals surface area (Å²) in [5.41, 5.74) is 0. The first kappa shape index (κ1) is 20.4. The summed E-state index contributed by atoms with van der Waals surface area (Å²) in [6.45, 7) is 4.31. The molecule has 0 amide bonds. The zero-order valence-corrected chi connectivity index (χ0v) is 14.3. The highest BCUT2D eigenvalue weighted by Gasteiger charge is 2.51. The molecule has 25 heavy (non-hydrogen) atoms. The summed E-state index contributed by atoms with van der Waals surface area (Å²) < 4.78 is 25.9. The van der Waals surface area contributed by atoms with Gasteiger partial charge >= 0.3 is 23.9 Å². The second kappa shape index (κ2) is 9.03. The zero-order valence-electron chi connectivity index (χ0n) is 14.3. The minimum atomic E-state index is -1.22. The van der Waals surface area contributed by atoms with Crippen LogP contribution in [0.3, 0.4) is 0 Å². The Hall–Kier alpha value is -2.60. The lowest BCUT2D eigenvalue weighted by Gasteiger charge is -2.42. The Morgan fingerprint density at radius 2 is 1.32 bits per heavy atom. The van der Waals surface area contributed by atoms with Gasteiger partial charge in [-0.3, -0.25) is 19.2 Å². The minimum absolute atomic E-state index is 0.296. The van der Waals surface area contributed by atoms with E-state index < -0.39 is 54.4 Å². The fourth-order valence-corrected chi connectivity index (χ4v) is 2.36. The molecule has 0 N–H and O–H groups in total. The smallest absolute Gasteiger partial charge is 0.303 e. The van der Waals surface area contributed by atoms with Gasteiger partial charge < -0.3 is 23.7 Å². The van der Waals surface area contributed by atoms with Crippen LogP contribution in [0.25, 0.3) is 0 Å². The number of ether oxygens (including phenoxy) is 5. The first-order valence-corrected chi connectivity index (χ1v) is 7.42. The van der Waals surface area contributed by atoms with Crippen LogP contribution in [0.15, 0.2) is 0 Å². The quantitative estimate of drug-likeness (QED) is 0.373. The Morgan fingerprint density at radius 1 is 0.840 bits per heavy atom. The van der Waals surface area contributed by atoms with Gasteiger partial charge in [-0.1, -0.05) is 5.92 Å². The molecule has 1 aliphatic rings. The third-order valence-corrected chi connectivity index (χ3v) is 3.16. The molecular formula is C16H20O9. The van der Waals surface area contributed by atoms with Gasteiger partial charge in [-0.05, 0) is 0 Å². The van der Waals surface area contributed by atoms with Gasteiger partial charge in [0.05, 0.1) is 0 Å². The lowest BCUT2D eigenvalue weighted by molar-refractivity contribution is -0.242. The first-order chi connectivity index (χ1) is 11.6. The molecule has 0 bridgehead atoms. The molecule has 0 radical (unpaired) electrons. The van der Waals surface area contributed by atoms with Crippen LogP contribution in [0.1, 0.15) is 27.7 Å². The highest BCUT2D eigenvalue weighted by atomic mass is 16.7. The van der Waals surface area contributed by atoms with Crippen molar-refractivity contribution < 1.29 is 42.9 Å². The number of hydrogen-bond donors (Lipinski definition) is 0. The molecule has 0 spiro atoms. The SMILES string of the molecule is C#CC1OC(COC(C)=O)C(OC(C)=O)C(OC(C)=O)C1OC(C)=O. The molecule has 9 nitrogen and oxygen atoms in total. The number of hydrogen-bond acceptors (Lipinski definition) is 9. The highest BCUT2D eigenvalue weighted by molar-refractivity contribution is 5.68. The Morgan fingerprint density at radius 3 is 1.76 bits per heavy atom. The molecule has 1 saturated heterocycles. The Labute approximate surface area is 144 Å². The summed E-state index contributed by atoms with van der Waals surface area (Å²) in [6.07, 6.45) is -0.298. The van der Waals surface area contributed by atoms with E-state index in [1.807, 2.05) is 0 Å². The van der Waals surface area contributed by atoms with Gasteiger partial charge in [-0.15, -0.1) is 6.42 Å². The minimum Gasteiger partial charge on any atom is -0.463 e. The maximum absolute atomic E-state index is 11.5. The van der Waals surface area contributed by atoms with Crippen molar-refractivity contribution in [2.24, 2.45) is 0 Å². The lowest BCUT2D eigenvalue weighted by Crippen LogP contribution is -2.62. The monoisotopic (exact) mass is 356 g/mol. The van der Waals surface area contributed by atoms with Crippen LogP contribution in [0.4, 0.5) is 0 Å². The van der Waals surface area contributed by atoms with Crippen LogP contribution in [0.5, 0.6) is 0 Å². The number of carbonyl (C=O) groups excluding carboxylic acids is 4. The fraction of sp³-hybridized carbons (Fsp3) is 0.625. The van der Waals surface area contributed by atoms with Crippen LogP contribution in [0.2, 0.25) is 0 Å². The molecule has 5 atom stereocenters. The van der Waals surface area contributed by atoms with Crippen LogP contribution < -0.4 is 0 Å². The molecule has 0 aromatic rings. The van der Waals surface area contributed by atoms with Crippen LogP contribution in [-0.4, -0.2) is 61.0 Å². The summed E-state index contributed by atoms with van der Waals surface area (Å²) in [4.78, 5) is 45.3. The van der Waals surface area contributed by atoms with Crippen molar-refractivity contribution >= 4 is 23.9 Å². The summed E-state index contributed by atoms with van der Waals surface area (Å²) >= 11 is 0. The average Bonchev–Trinajstić information content (AvgIpc) is 2.48. The van der Waals surface area contributed by atoms with E-state index in [1.165, 1.54) is 6.92 Å². The molecule has 1 fully saturated rings.